The van der Waals surface area contributed by atoms with E-state index in [4.69, 9.17) is 10.5 Å². The zero-order valence-corrected chi connectivity index (χ0v) is 12.7. The van der Waals surface area contributed by atoms with Crippen LogP contribution in [0.3, 0.4) is 0 Å². The van der Waals surface area contributed by atoms with Crippen LogP contribution in [0.25, 0.3) is 0 Å². The number of ether oxygens (including phenoxy) is 1. The first-order chi connectivity index (χ1) is 9.65. The third-order valence-electron chi connectivity index (χ3n) is 3.81. The molecule has 2 saturated heterocycles. The maximum atomic E-state index is 12.5. The molecule has 0 aromatic carbocycles. The van der Waals surface area contributed by atoms with Gasteiger partial charge in [-0.2, -0.15) is 11.8 Å². The number of methoxy groups -OCH3 is 1. The first kappa shape index (κ1) is 15.6. The topological polar surface area (TPSA) is 75.9 Å². The molecule has 2 rings (SSSR count). The summed E-state index contributed by atoms with van der Waals surface area (Å²) < 4.78 is 4.93. The highest BCUT2D eigenvalue weighted by Gasteiger charge is 2.38. The molecule has 2 unspecified atom stereocenters. The van der Waals surface area contributed by atoms with Crippen molar-refractivity contribution < 1.29 is 14.3 Å². The average Bonchev–Trinajstić information content (AvgIpc) is 2.96. The summed E-state index contributed by atoms with van der Waals surface area (Å²) >= 11 is 1.87. The highest BCUT2D eigenvalue weighted by atomic mass is 32.2. The van der Waals surface area contributed by atoms with Gasteiger partial charge in [-0.1, -0.05) is 0 Å². The lowest BCUT2D eigenvalue weighted by Gasteiger charge is -2.33. The van der Waals surface area contributed by atoms with Crippen molar-refractivity contribution in [3.05, 3.63) is 0 Å². The molecular weight excluding hydrogens is 278 g/mol. The van der Waals surface area contributed by atoms with Crippen LogP contribution >= 0.6 is 11.8 Å². The number of thioether (sulfide) groups is 1. The summed E-state index contributed by atoms with van der Waals surface area (Å²) in [5.41, 5.74) is 5.80. The first-order valence-corrected chi connectivity index (χ1v) is 8.22. The van der Waals surface area contributed by atoms with Crippen molar-refractivity contribution in [3.8, 4) is 0 Å². The normalized spacial score (nSPS) is 24.8. The molecule has 2 atom stereocenters. The fraction of sp³-hybridized carbons (Fsp3) is 0.846. The first-order valence-electron chi connectivity index (χ1n) is 7.06. The van der Waals surface area contributed by atoms with Crippen molar-refractivity contribution >= 4 is 23.6 Å². The molecule has 0 spiro atoms. The van der Waals surface area contributed by atoms with E-state index >= 15 is 0 Å². The number of hydrogen-bond donors (Lipinski definition) is 1. The van der Waals surface area contributed by atoms with Crippen molar-refractivity contribution in [1.29, 1.82) is 0 Å². The molecule has 2 aliphatic heterocycles. The van der Waals surface area contributed by atoms with Gasteiger partial charge in [0.05, 0.1) is 6.61 Å². The van der Waals surface area contributed by atoms with Crippen molar-refractivity contribution in [2.45, 2.75) is 24.9 Å². The number of likely N-dealkylation sites (tertiary alicyclic amines) is 1. The summed E-state index contributed by atoms with van der Waals surface area (Å²) in [6.07, 6.45) is 1.61. The third-order valence-corrected chi connectivity index (χ3v) is 4.75. The van der Waals surface area contributed by atoms with E-state index in [1.54, 1.807) is 4.90 Å². The molecule has 2 N–H and O–H groups in total. The summed E-state index contributed by atoms with van der Waals surface area (Å²) in [4.78, 5) is 28.4. The van der Waals surface area contributed by atoms with Crippen LogP contribution in [0.1, 0.15) is 12.8 Å². The summed E-state index contributed by atoms with van der Waals surface area (Å²) in [7, 11) is 1.52. The molecule has 2 fully saturated rings. The van der Waals surface area contributed by atoms with E-state index in [0.29, 0.717) is 6.54 Å². The Balaban J connectivity index is 1.99. The minimum atomic E-state index is -0.676. The quantitative estimate of drug-likeness (QED) is 0.759. The number of carbonyl (C=O) groups is 2. The van der Waals surface area contributed by atoms with Crippen molar-refractivity contribution in [3.63, 3.8) is 0 Å². The van der Waals surface area contributed by atoms with Gasteiger partial charge in [-0.25, -0.2) is 0 Å². The van der Waals surface area contributed by atoms with Crippen molar-refractivity contribution in [2.75, 3.05) is 44.9 Å². The van der Waals surface area contributed by atoms with Crippen molar-refractivity contribution in [1.82, 2.24) is 9.80 Å². The molecule has 2 amide bonds. The molecule has 2 heterocycles. The fourth-order valence-electron chi connectivity index (χ4n) is 2.75. The zero-order chi connectivity index (χ0) is 14.5. The molecule has 6 nitrogen and oxygen atoms in total. The Morgan fingerprint density at radius 2 is 2.05 bits per heavy atom. The molecule has 0 radical (unpaired) electrons. The largest absolute Gasteiger partial charge is 0.383 e. The lowest BCUT2D eigenvalue weighted by atomic mass is 10.1. The lowest BCUT2D eigenvalue weighted by molar-refractivity contribution is -0.144. The van der Waals surface area contributed by atoms with E-state index < -0.39 is 6.04 Å². The third kappa shape index (κ3) is 3.45. The van der Waals surface area contributed by atoms with E-state index in [0.717, 1.165) is 37.4 Å². The van der Waals surface area contributed by atoms with E-state index in [1.807, 2.05) is 16.7 Å². The van der Waals surface area contributed by atoms with E-state index in [2.05, 4.69) is 0 Å². The smallest absolute Gasteiger partial charge is 0.245 e. The Bertz CT molecular complexity index is 361. The molecule has 7 heteroatoms. The Kier molecular flexibility index (Phi) is 5.68. The Hall–Kier alpha value is -0.790. The predicted molar refractivity (Wildman–Crippen MR) is 78.5 cm³/mol. The Morgan fingerprint density at radius 3 is 2.70 bits per heavy atom. The van der Waals surface area contributed by atoms with Crippen LogP contribution in [0.2, 0.25) is 0 Å². The molecular formula is C13H23N3O3S. The molecule has 2 aliphatic rings. The summed E-state index contributed by atoms with van der Waals surface area (Å²) in [6, 6.07) is -1.00. The monoisotopic (exact) mass is 301 g/mol. The van der Waals surface area contributed by atoms with Gasteiger partial charge in [0.2, 0.25) is 11.8 Å². The predicted octanol–water partition coefficient (Wildman–Crippen LogP) is -0.473. The number of nitrogens with zero attached hydrogens (tertiary/aromatic N) is 2. The SMILES string of the molecule is COCC(N)C(=O)N1CCCC1C(=O)N1CCSCC1. The number of hydrogen-bond acceptors (Lipinski definition) is 5. The Labute approximate surface area is 124 Å². The maximum Gasteiger partial charge on any atom is 0.245 e. The van der Waals surface area contributed by atoms with Gasteiger partial charge in [-0.05, 0) is 12.8 Å². The van der Waals surface area contributed by atoms with Gasteiger partial charge in [0.25, 0.3) is 0 Å². The van der Waals surface area contributed by atoms with Crippen LogP contribution in [-0.4, -0.2) is 78.6 Å². The van der Waals surface area contributed by atoms with Gasteiger partial charge < -0.3 is 20.3 Å². The molecule has 0 aliphatic carbocycles. The second-order valence-corrected chi connectivity index (χ2v) is 6.41. The summed E-state index contributed by atoms with van der Waals surface area (Å²) in [5.74, 6) is 1.88. The van der Waals surface area contributed by atoms with Gasteiger partial charge in [-0.15, -0.1) is 0 Å². The van der Waals surface area contributed by atoms with Crippen molar-refractivity contribution in [2.24, 2.45) is 5.73 Å². The van der Waals surface area contributed by atoms with Gasteiger partial charge >= 0.3 is 0 Å². The van der Waals surface area contributed by atoms with Crippen LogP contribution in [0.5, 0.6) is 0 Å². The van der Waals surface area contributed by atoms with E-state index in [-0.39, 0.29) is 24.5 Å². The molecule has 0 bridgehead atoms. The molecule has 0 aromatic heterocycles. The highest BCUT2D eigenvalue weighted by molar-refractivity contribution is 7.99. The molecule has 0 saturated carbocycles. The number of nitrogens with two attached hydrogens (primary N) is 1. The standard InChI is InChI=1S/C13H23N3O3S/c1-19-9-10(14)12(17)16-4-2-3-11(16)13(18)15-5-7-20-8-6-15/h10-11H,2-9,14H2,1H3. The van der Waals surface area contributed by atoms with Gasteiger partial charge in [-0.3, -0.25) is 9.59 Å². The van der Waals surface area contributed by atoms with Crippen LogP contribution < -0.4 is 5.73 Å². The maximum absolute atomic E-state index is 12.5. The summed E-state index contributed by atoms with van der Waals surface area (Å²) in [5, 5.41) is 0. The van der Waals surface area contributed by atoms with Gasteiger partial charge in [0.1, 0.15) is 12.1 Å². The Morgan fingerprint density at radius 1 is 1.35 bits per heavy atom. The number of rotatable bonds is 4. The fourth-order valence-corrected chi connectivity index (χ4v) is 3.65. The van der Waals surface area contributed by atoms with Crippen LogP contribution in [-0.2, 0) is 14.3 Å². The summed E-state index contributed by atoms with van der Waals surface area (Å²) in [6.45, 7) is 2.38. The van der Waals surface area contributed by atoms with E-state index in [1.165, 1.54) is 7.11 Å². The van der Waals surface area contributed by atoms with Crippen LogP contribution in [0, 0.1) is 0 Å². The van der Waals surface area contributed by atoms with Gasteiger partial charge in [0, 0.05) is 38.2 Å². The second kappa shape index (κ2) is 7.28. The zero-order valence-electron chi connectivity index (χ0n) is 11.9. The number of amides is 2. The minimum Gasteiger partial charge on any atom is -0.383 e. The van der Waals surface area contributed by atoms with E-state index in [9.17, 15) is 9.59 Å². The lowest BCUT2D eigenvalue weighted by Crippen LogP contribution is -2.54. The molecule has 20 heavy (non-hydrogen) atoms. The molecule has 0 aromatic rings. The van der Waals surface area contributed by atoms with Crippen LogP contribution in [0.15, 0.2) is 0 Å². The van der Waals surface area contributed by atoms with Gasteiger partial charge in [0.15, 0.2) is 0 Å². The average molecular weight is 301 g/mol. The molecule has 114 valence electrons. The number of carbonyl (C=O) groups excluding carboxylic acids is 2. The highest BCUT2D eigenvalue weighted by Crippen LogP contribution is 2.22. The van der Waals surface area contributed by atoms with Crippen LogP contribution in [0.4, 0.5) is 0 Å². The second-order valence-electron chi connectivity index (χ2n) is 5.19. The minimum absolute atomic E-state index is 0.0840.